The number of ether oxygens (including phenoxy) is 1. The van der Waals surface area contributed by atoms with Crippen LogP contribution in [0.2, 0.25) is 0 Å². The largest absolute Gasteiger partial charge is 0.497 e. The van der Waals surface area contributed by atoms with Gasteiger partial charge in [0.25, 0.3) is 0 Å². The Kier molecular flexibility index (Phi) is 6.14. The lowest BCUT2D eigenvalue weighted by atomic mass is 10.2. The molecular formula is C17H22N4O2S2. The molecule has 1 fully saturated rings. The van der Waals surface area contributed by atoms with Crippen molar-refractivity contribution in [3.8, 4) is 5.75 Å². The van der Waals surface area contributed by atoms with E-state index in [0.717, 1.165) is 28.6 Å². The highest BCUT2D eigenvalue weighted by molar-refractivity contribution is 8.02. The second kappa shape index (κ2) is 8.53. The number of anilines is 2. The molecule has 25 heavy (non-hydrogen) atoms. The van der Waals surface area contributed by atoms with Gasteiger partial charge in [0.05, 0.1) is 12.4 Å². The van der Waals surface area contributed by atoms with Gasteiger partial charge in [0.15, 0.2) is 4.34 Å². The van der Waals surface area contributed by atoms with Crippen LogP contribution in [0.5, 0.6) is 5.75 Å². The molecule has 0 bridgehead atoms. The van der Waals surface area contributed by atoms with Gasteiger partial charge in [-0.3, -0.25) is 4.79 Å². The molecule has 0 aliphatic heterocycles. The van der Waals surface area contributed by atoms with E-state index in [-0.39, 0.29) is 11.2 Å². The van der Waals surface area contributed by atoms with Gasteiger partial charge in [-0.2, -0.15) is 0 Å². The Morgan fingerprint density at radius 3 is 2.68 bits per heavy atom. The summed E-state index contributed by atoms with van der Waals surface area (Å²) in [6.07, 6.45) is 4.61. The number of benzene rings is 1. The molecule has 134 valence electrons. The van der Waals surface area contributed by atoms with Crippen molar-refractivity contribution in [1.29, 1.82) is 0 Å². The normalized spacial score (nSPS) is 15.8. The molecule has 1 heterocycles. The number of carbonyl (C=O) groups excluding carboxylic acids is 1. The van der Waals surface area contributed by atoms with E-state index in [2.05, 4.69) is 20.8 Å². The van der Waals surface area contributed by atoms with Gasteiger partial charge < -0.3 is 15.4 Å². The number of thioether (sulfide) groups is 1. The fraction of sp³-hybridized carbons (Fsp3) is 0.471. The monoisotopic (exact) mass is 378 g/mol. The molecule has 3 rings (SSSR count). The molecule has 0 spiro atoms. The molecule has 1 atom stereocenters. The first-order valence-electron chi connectivity index (χ1n) is 8.35. The maximum Gasteiger partial charge on any atom is 0.233 e. The molecule has 1 saturated carbocycles. The van der Waals surface area contributed by atoms with Crippen molar-refractivity contribution in [2.24, 2.45) is 0 Å². The number of amides is 1. The highest BCUT2D eigenvalue weighted by Gasteiger charge is 2.22. The molecule has 0 radical (unpaired) electrons. The maximum absolute atomic E-state index is 12.3. The van der Waals surface area contributed by atoms with E-state index in [0.29, 0.717) is 11.2 Å². The molecule has 0 unspecified atom stereocenters. The average molecular weight is 379 g/mol. The maximum atomic E-state index is 12.3. The van der Waals surface area contributed by atoms with Crippen molar-refractivity contribution in [2.75, 3.05) is 12.4 Å². The minimum absolute atomic E-state index is 0.0803. The predicted octanol–water partition coefficient (Wildman–Crippen LogP) is 3.83. The molecule has 2 N–H and O–H groups in total. The minimum Gasteiger partial charge on any atom is -0.497 e. The Bertz CT molecular complexity index is 699. The van der Waals surface area contributed by atoms with Crippen LogP contribution in [0.25, 0.3) is 0 Å². The van der Waals surface area contributed by atoms with E-state index in [4.69, 9.17) is 4.74 Å². The van der Waals surface area contributed by atoms with Gasteiger partial charge in [0.2, 0.25) is 11.0 Å². The smallest absolute Gasteiger partial charge is 0.233 e. The molecule has 1 aliphatic rings. The summed E-state index contributed by atoms with van der Waals surface area (Å²) in [6.45, 7) is 1.91. The van der Waals surface area contributed by atoms with Crippen LogP contribution in [0, 0.1) is 0 Å². The summed E-state index contributed by atoms with van der Waals surface area (Å²) >= 11 is 2.89. The van der Waals surface area contributed by atoms with Crippen LogP contribution in [-0.4, -0.2) is 34.5 Å². The third kappa shape index (κ3) is 5.09. The molecular weight excluding hydrogens is 356 g/mol. The Hall–Kier alpha value is -1.80. The van der Waals surface area contributed by atoms with Crippen molar-refractivity contribution in [1.82, 2.24) is 15.5 Å². The van der Waals surface area contributed by atoms with Crippen LogP contribution in [0.15, 0.2) is 28.6 Å². The van der Waals surface area contributed by atoms with Gasteiger partial charge in [0, 0.05) is 11.7 Å². The Labute approximate surface area is 155 Å². The second-order valence-electron chi connectivity index (χ2n) is 5.98. The zero-order valence-electron chi connectivity index (χ0n) is 14.3. The number of nitrogens with one attached hydrogen (secondary N) is 2. The number of aromatic nitrogens is 2. The van der Waals surface area contributed by atoms with Crippen LogP contribution >= 0.6 is 23.1 Å². The van der Waals surface area contributed by atoms with Gasteiger partial charge in [-0.15, -0.1) is 10.2 Å². The Morgan fingerprint density at radius 2 is 2.00 bits per heavy atom. The zero-order valence-corrected chi connectivity index (χ0v) is 16.0. The van der Waals surface area contributed by atoms with E-state index in [1.54, 1.807) is 7.11 Å². The predicted molar refractivity (Wildman–Crippen MR) is 102 cm³/mol. The van der Waals surface area contributed by atoms with Gasteiger partial charge >= 0.3 is 0 Å². The highest BCUT2D eigenvalue weighted by Crippen LogP contribution is 2.31. The quantitative estimate of drug-likeness (QED) is 0.713. The molecule has 0 saturated heterocycles. The highest BCUT2D eigenvalue weighted by atomic mass is 32.2. The molecule has 1 amide bonds. The van der Waals surface area contributed by atoms with E-state index in [1.807, 2.05) is 31.2 Å². The van der Waals surface area contributed by atoms with Crippen LogP contribution in [0.4, 0.5) is 10.8 Å². The van der Waals surface area contributed by atoms with E-state index in [1.165, 1.54) is 35.9 Å². The van der Waals surface area contributed by atoms with Crippen molar-refractivity contribution < 1.29 is 9.53 Å². The summed E-state index contributed by atoms with van der Waals surface area (Å²) in [5.41, 5.74) is 0.917. The molecule has 1 aliphatic carbocycles. The third-order valence-electron chi connectivity index (χ3n) is 4.10. The first-order valence-corrected chi connectivity index (χ1v) is 10.1. The van der Waals surface area contributed by atoms with Gasteiger partial charge in [-0.25, -0.2) is 0 Å². The van der Waals surface area contributed by atoms with Gasteiger partial charge in [-0.1, -0.05) is 35.9 Å². The summed E-state index contributed by atoms with van der Waals surface area (Å²) in [7, 11) is 1.64. The van der Waals surface area contributed by atoms with Crippen molar-refractivity contribution in [3.05, 3.63) is 24.3 Å². The van der Waals surface area contributed by atoms with E-state index in [9.17, 15) is 4.79 Å². The number of hydrogen-bond donors (Lipinski definition) is 2. The van der Waals surface area contributed by atoms with Crippen molar-refractivity contribution >= 4 is 39.8 Å². The van der Waals surface area contributed by atoms with Crippen molar-refractivity contribution in [3.63, 3.8) is 0 Å². The summed E-state index contributed by atoms with van der Waals surface area (Å²) in [4.78, 5) is 12.3. The van der Waals surface area contributed by atoms with E-state index >= 15 is 0 Å². The molecule has 8 heteroatoms. The fourth-order valence-electron chi connectivity index (χ4n) is 2.70. The number of methoxy groups -OCH3 is 1. The van der Waals surface area contributed by atoms with E-state index < -0.39 is 0 Å². The van der Waals surface area contributed by atoms with Crippen LogP contribution < -0.4 is 15.4 Å². The molecule has 1 aromatic carbocycles. The summed E-state index contributed by atoms with van der Waals surface area (Å²) in [6, 6.07) is 7.95. The number of hydrogen-bond acceptors (Lipinski definition) is 7. The Morgan fingerprint density at radius 1 is 1.28 bits per heavy atom. The lowest BCUT2D eigenvalue weighted by molar-refractivity contribution is -0.120. The van der Waals surface area contributed by atoms with Crippen molar-refractivity contribution in [2.45, 2.75) is 48.2 Å². The summed E-state index contributed by atoms with van der Waals surface area (Å²) < 4.78 is 5.93. The number of carbonyl (C=O) groups is 1. The second-order valence-corrected chi connectivity index (χ2v) is 8.54. The molecule has 1 aromatic heterocycles. The third-order valence-corrected chi connectivity index (χ3v) is 6.12. The van der Waals surface area contributed by atoms with Crippen LogP contribution in [-0.2, 0) is 4.79 Å². The van der Waals surface area contributed by atoms with Gasteiger partial charge in [-0.05, 0) is 44.0 Å². The average Bonchev–Trinajstić information content (AvgIpc) is 3.27. The van der Waals surface area contributed by atoms with Crippen LogP contribution in [0.1, 0.15) is 32.6 Å². The Balaban J connectivity index is 1.52. The SMILES string of the molecule is COc1ccc(Nc2nnc(S[C@H](C)C(=O)NC3CCCC3)s2)cc1. The standard InChI is InChI=1S/C17H22N4O2S2/c1-11(15(22)18-12-5-3-4-6-12)24-17-21-20-16(25-17)19-13-7-9-14(23-2)10-8-13/h7-12H,3-6H2,1-2H3,(H,18,22)(H,19,20)/t11-/m1/s1. The molecule has 2 aromatic rings. The fourth-order valence-corrected chi connectivity index (χ4v) is 4.62. The summed E-state index contributed by atoms with van der Waals surface area (Å²) in [5.74, 6) is 0.887. The lowest BCUT2D eigenvalue weighted by Crippen LogP contribution is -2.37. The zero-order chi connectivity index (χ0) is 17.6. The minimum atomic E-state index is -0.178. The summed E-state index contributed by atoms with van der Waals surface area (Å²) in [5, 5.41) is 15.2. The lowest BCUT2D eigenvalue weighted by Gasteiger charge is -2.15. The van der Waals surface area contributed by atoms with Gasteiger partial charge in [0.1, 0.15) is 5.75 Å². The number of rotatable bonds is 7. The number of nitrogens with zero attached hydrogens (tertiary/aromatic N) is 2. The first-order chi connectivity index (χ1) is 12.1. The topological polar surface area (TPSA) is 76.1 Å². The van der Waals surface area contributed by atoms with Crippen LogP contribution in [0.3, 0.4) is 0 Å². The first kappa shape index (κ1) is 18.0. The molecule has 6 nitrogen and oxygen atoms in total.